The molecule has 0 saturated carbocycles. The number of amides is 2. The number of nitrogens with zero attached hydrogens (tertiary/aromatic N) is 1. The molecule has 2 aromatic rings. The van der Waals surface area contributed by atoms with Crippen molar-refractivity contribution in [3.63, 3.8) is 0 Å². The number of carbonyl (C=O) groups excluding carboxylic acids is 2. The SMILES string of the molecule is CC(=O)Nc1nc(C(=O)NCc2ccc(C(=O)O)cc2)cs1. The number of carboxylic acid groups (broad SMARTS) is 1. The topological polar surface area (TPSA) is 108 Å². The molecule has 0 saturated heterocycles. The van der Waals surface area contributed by atoms with Gasteiger partial charge in [-0.2, -0.15) is 0 Å². The lowest BCUT2D eigenvalue weighted by Gasteiger charge is -2.04. The second-order valence-corrected chi connectivity index (χ2v) is 5.26. The first-order valence-corrected chi connectivity index (χ1v) is 7.17. The van der Waals surface area contributed by atoms with E-state index in [-0.39, 0.29) is 29.6 Å². The summed E-state index contributed by atoms with van der Waals surface area (Å²) < 4.78 is 0. The highest BCUT2D eigenvalue weighted by molar-refractivity contribution is 7.14. The minimum absolute atomic E-state index is 0.189. The van der Waals surface area contributed by atoms with E-state index in [9.17, 15) is 14.4 Å². The van der Waals surface area contributed by atoms with Crippen LogP contribution in [0.4, 0.5) is 5.13 Å². The summed E-state index contributed by atoms with van der Waals surface area (Å²) in [4.78, 5) is 37.5. The van der Waals surface area contributed by atoms with E-state index in [1.165, 1.54) is 19.1 Å². The molecule has 114 valence electrons. The van der Waals surface area contributed by atoms with Crippen LogP contribution in [0.25, 0.3) is 0 Å². The first-order chi connectivity index (χ1) is 10.5. The molecular weight excluding hydrogens is 306 g/mol. The van der Waals surface area contributed by atoms with E-state index >= 15 is 0 Å². The van der Waals surface area contributed by atoms with Crippen LogP contribution in [0.5, 0.6) is 0 Å². The molecule has 1 aromatic carbocycles. The van der Waals surface area contributed by atoms with Gasteiger partial charge in [-0.25, -0.2) is 9.78 Å². The molecule has 0 radical (unpaired) electrons. The number of carbonyl (C=O) groups is 3. The molecule has 0 aliphatic rings. The van der Waals surface area contributed by atoms with Crippen molar-refractivity contribution in [2.75, 3.05) is 5.32 Å². The van der Waals surface area contributed by atoms with Gasteiger partial charge in [0.2, 0.25) is 5.91 Å². The number of hydrogen-bond acceptors (Lipinski definition) is 5. The van der Waals surface area contributed by atoms with Crippen LogP contribution in [-0.4, -0.2) is 27.9 Å². The summed E-state index contributed by atoms with van der Waals surface area (Å²) in [6.45, 7) is 1.62. The number of anilines is 1. The normalized spacial score (nSPS) is 10.0. The Balaban J connectivity index is 1.93. The van der Waals surface area contributed by atoms with E-state index in [0.717, 1.165) is 16.9 Å². The number of carboxylic acids is 1. The lowest BCUT2D eigenvalue weighted by atomic mass is 10.1. The Morgan fingerprint density at radius 1 is 1.23 bits per heavy atom. The third kappa shape index (κ3) is 4.13. The van der Waals surface area contributed by atoms with Crippen LogP contribution in [-0.2, 0) is 11.3 Å². The monoisotopic (exact) mass is 319 g/mol. The zero-order valence-electron chi connectivity index (χ0n) is 11.6. The van der Waals surface area contributed by atoms with E-state index in [1.54, 1.807) is 17.5 Å². The number of aromatic nitrogens is 1. The molecule has 22 heavy (non-hydrogen) atoms. The van der Waals surface area contributed by atoms with Gasteiger partial charge in [0.05, 0.1) is 5.56 Å². The minimum atomic E-state index is -0.997. The van der Waals surface area contributed by atoms with Gasteiger partial charge in [-0.15, -0.1) is 11.3 Å². The number of hydrogen-bond donors (Lipinski definition) is 3. The Morgan fingerprint density at radius 3 is 2.50 bits per heavy atom. The maximum atomic E-state index is 11.9. The van der Waals surface area contributed by atoms with Crippen molar-refractivity contribution < 1.29 is 19.5 Å². The Morgan fingerprint density at radius 2 is 1.91 bits per heavy atom. The molecule has 0 bridgehead atoms. The third-order valence-corrected chi connectivity index (χ3v) is 3.43. The third-order valence-electron chi connectivity index (χ3n) is 2.67. The molecule has 0 fully saturated rings. The molecular formula is C14H13N3O4S. The second kappa shape index (κ2) is 6.81. The van der Waals surface area contributed by atoms with Crippen molar-refractivity contribution in [3.8, 4) is 0 Å². The standard InChI is InChI=1S/C14H13N3O4S/c1-8(18)16-14-17-11(7-22-14)12(19)15-6-9-2-4-10(5-3-9)13(20)21/h2-5,7H,6H2,1H3,(H,15,19)(H,20,21)(H,16,17,18). The van der Waals surface area contributed by atoms with Crippen LogP contribution < -0.4 is 10.6 Å². The van der Waals surface area contributed by atoms with Crippen LogP contribution in [0.2, 0.25) is 0 Å². The Bertz CT molecular complexity index is 709. The van der Waals surface area contributed by atoms with Crippen LogP contribution in [0, 0.1) is 0 Å². The van der Waals surface area contributed by atoms with Crippen molar-refractivity contribution in [1.29, 1.82) is 0 Å². The summed E-state index contributed by atoms with van der Waals surface area (Å²) in [6, 6.07) is 6.21. The smallest absolute Gasteiger partial charge is 0.335 e. The Kier molecular flexibility index (Phi) is 4.84. The number of nitrogens with one attached hydrogen (secondary N) is 2. The lowest BCUT2D eigenvalue weighted by Crippen LogP contribution is -2.23. The van der Waals surface area contributed by atoms with Crippen LogP contribution in [0.1, 0.15) is 33.3 Å². The van der Waals surface area contributed by atoms with E-state index < -0.39 is 5.97 Å². The summed E-state index contributed by atoms with van der Waals surface area (Å²) in [5.41, 5.74) is 1.18. The summed E-state index contributed by atoms with van der Waals surface area (Å²) in [5, 5.41) is 15.9. The molecule has 0 unspecified atom stereocenters. The first-order valence-electron chi connectivity index (χ1n) is 6.29. The van der Waals surface area contributed by atoms with E-state index in [0.29, 0.717) is 5.13 Å². The minimum Gasteiger partial charge on any atom is -0.478 e. The van der Waals surface area contributed by atoms with Gasteiger partial charge in [-0.1, -0.05) is 12.1 Å². The zero-order valence-corrected chi connectivity index (χ0v) is 12.4. The quantitative estimate of drug-likeness (QED) is 0.777. The molecule has 2 rings (SSSR count). The average Bonchev–Trinajstić information content (AvgIpc) is 2.93. The molecule has 0 atom stereocenters. The summed E-state index contributed by atoms with van der Waals surface area (Å²) >= 11 is 1.16. The molecule has 3 N–H and O–H groups in total. The van der Waals surface area contributed by atoms with Gasteiger partial charge >= 0.3 is 5.97 Å². The van der Waals surface area contributed by atoms with Crippen molar-refractivity contribution >= 4 is 34.3 Å². The predicted molar refractivity (Wildman–Crippen MR) is 81.0 cm³/mol. The van der Waals surface area contributed by atoms with Crippen molar-refractivity contribution in [3.05, 3.63) is 46.5 Å². The molecule has 0 aliphatic carbocycles. The zero-order chi connectivity index (χ0) is 16.1. The number of benzene rings is 1. The number of rotatable bonds is 5. The molecule has 0 aliphatic heterocycles. The van der Waals surface area contributed by atoms with Crippen LogP contribution in [0.15, 0.2) is 29.6 Å². The van der Waals surface area contributed by atoms with Gasteiger partial charge in [0.25, 0.3) is 5.91 Å². The molecule has 1 aromatic heterocycles. The fraction of sp³-hybridized carbons (Fsp3) is 0.143. The predicted octanol–water partition coefficient (Wildman–Crippen LogP) is 1.73. The largest absolute Gasteiger partial charge is 0.478 e. The van der Waals surface area contributed by atoms with E-state index in [4.69, 9.17) is 5.11 Å². The van der Waals surface area contributed by atoms with Gasteiger partial charge in [0.1, 0.15) is 5.69 Å². The van der Waals surface area contributed by atoms with E-state index in [1.807, 2.05) is 0 Å². The number of aromatic carboxylic acids is 1. The molecule has 8 heteroatoms. The highest BCUT2D eigenvalue weighted by atomic mass is 32.1. The van der Waals surface area contributed by atoms with E-state index in [2.05, 4.69) is 15.6 Å². The van der Waals surface area contributed by atoms with Crippen LogP contribution in [0.3, 0.4) is 0 Å². The Labute approximate surface area is 130 Å². The molecule has 2 amide bonds. The summed E-state index contributed by atoms with van der Waals surface area (Å²) in [5.74, 6) is -1.61. The molecule has 0 spiro atoms. The van der Waals surface area contributed by atoms with Gasteiger partial charge in [0.15, 0.2) is 5.13 Å². The van der Waals surface area contributed by atoms with Crippen molar-refractivity contribution in [1.82, 2.24) is 10.3 Å². The van der Waals surface area contributed by atoms with Crippen molar-refractivity contribution in [2.24, 2.45) is 0 Å². The highest BCUT2D eigenvalue weighted by Crippen LogP contribution is 2.15. The Hall–Kier alpha value is -2.74. The second-order valence-electron chi connectivity index (χ2n) is 4.40. The average molecular weight is 319 g/mol. The maximum Gasteiger partial charge on any atom is 0.335 e. The lowest BCUT2D eigenvalue weighted by molar-refractivity contribution is -0.114. The fourth-order valence-corrected chi connectivity index (χ4v) is 2.36. The van der Waals surface area contributed by atoms with Gasteiger partial charge in [-0.3, -0.25) is 9.59 Å². The van der Waals surface area contributed by atoms with Crippen molar-refractivity contribution in [2.45, 2.75) is 13.5 Å². The van der Waals surface area contributed by atoms with Gasteiger partial charge in [0, 0.05) is 18.8 Å². The highest BCUT2D eigenvalue weighted by Gasteiger charge is 2.11. The summed E-state index contributed by atoms with van der Waals surface area (Å²) in [7, 11) is 0. The fourth-order valence-electron chi connectivity index (χ4n) is 1.62. The maximum absolute atomic E-state index is 11.9. The summed E-state index contributed by atoms with van der Waals surface area (Å²) in [6.07, 6.45) is 0. The molecule has 7 nitrogen and oxygen atoms in total. The molecule has 1 heterocycles. The van der Waals surface area contributed by atoms with Gasteiger partial charge < -0.3 is 15.7 Å². The van der Waals surface area contributed by atoms with Gasteiger partial charge in [-0.05, 0) is 17.7 Å². The first kappa shape index (κ1) is 15.6. The number of thiazole rings is 1. The van der Waals surface area contributed by atoms with Crippen LogP contribution >= 0.6 is 11.3 Å².